The average Bonchev–Trinajstić information content (AvgIpc) is 2.16. The third-order valence-corrected chi connectivity index (χ3v) is 1.62. The van der Waals surface area contributed by atoms with Crippen molar-refractivity contribution in [2.75, 3.05) is 0 Å². The van der Waals surface area contributed by atoms with E-state index in [2.05, 4.69) is 4.98 Å². The van der Waals surface area contributed by atoms with E-state index >= 15 is 0 Å². The van der Waals surface area contributed by atoms with E-state index in [9.17, 15) is 14.3 Å². The van der Waals surface area contributed by atoms with Gasteiger partial charge in [-0.2, -0.15) is 0 Å². The average molecular weight is 201 g/mol. The van der Waals surface area contributed by atoms with Crippen LogP contribution in [0.25, 0.3) is 0 Å². The second-order valence-electron chi connectivity index (χ2n) is 2.60. The maximum Gasteiger partial charge on any atom is 0.335 e. The summed E-state index contributed by atoms with van der Waals surface area (Å²) in [6.07, 6.45) is -2.76. The highest BCUT2D eigenvalue weighted by Gasteiger charge is 2.28. The smallest absolute Gasteiger partial charge is 0.335 e. The molecule has 3 N–H and O–H groups in total. The molecule has 2 atom stereocenters. The number of aliphatic hydroxyl groups is 2. The van der Waals surface area contributed by atoms with Gasteiger partial charge in [0.25, 0.3) is 0 Å². The molecule has 1 heterocycles. The van der Waals surface area contributed by atoms with Crippen molar-refractivity contribution in [3.63, 3.8) is 0 Å². The lowest BCUT2D eigenvalue weighted by Crippen LogP contribution is -2.28. The fourth-order valence-corrected chi connectivity index (χ4v) is 0.900. The van der Waals surface area contributed by atoms with Crippen LogP contribution in [0.2, 0.25) is 0 Å². The van der Waals surface area contributed by atoms with Crippen LogP contribution in [0.15, 0.2) is 18.3 Å². The number of aliphatic carboxylic acids is 1. The van der Waals surface area contributed by atoms with Crippen LogP contribution >= 0.6 is 0 Å². The van der Waals surface area contributed by atoms with Crippen LogP contribution in [-0.2, 0) is 4.79 Å². The van der Waals surface area contributed by atoms with Gasteiger partial charge in [-0.05, 0) is 12.1 Å². The van der Waals surface area contributed by atoms with Crippen LogP contribution in [0.3, 0.4) is 0 Å². The maximum absolute atomic E-state index is 12.9. The topological polar surface area (TPSA) is 90.7 Å². The molecule has 1 rings (SSSR count). The fraction of sp³-hybridized carbons (Fsp3) is 0.250. The number of carbonyl (C=O) groups is 1. The van der Waals surface area contributed by atoms with Crippen LogP contribution in [0.1, 0.15) is 11.8 Å². The van der Waals surface area contributed by atoms with Crippen molar-refractivity contribution in [1.82, 2.24) is 4.98 Å². The Morgan fingerprint density at radius 1 is 1.50 bits per heavy atom. The van der Waals surface area contributed by atoms with Crippen molar-refractivity contribution in [3.8, 4) is 0 Å². The third kappa shape index (κ3) is 2.04. The summed E-state index contributed by atoms with van der Waals surface area (Å²) in [5.74, 6) is -2.50. The highest BCUT2D eigenvalue weighted by molar-refractivity contribution is 5.72. The molecule has 0 saturated carbocycles. The zero-order chi connectivity index (χ0) is 10.7. The lowest BCUT2D eigenvalue weighted by Gasteiger charge is -2.13. The van der Waals surface area contributed by atoms with E-state index in [1.807, 2.05) is 0 Å². The molecule has 0 aromatic carbocycles. The largest absolute Gasteiger partial charge is 0.479 e. The molecule has 0 aliphatic carbocycles. The predicted octanol–water partition coefficient (Wildman–Crippen LogP) is -0.300. The molecule has 1 aromatic heterocycles. The minimum Gasteiger partial charge on any atom is -0.479 e. The van der Waals surface area contributed by atoms with Crippen LogP contribution in [0.4, 0.5) is 4.39 Å². The number of hydrogen-bond donors (Lipinski definition) is 3. The van der Waals surface area contributed by atoms with Crippen molar-refractivity contribution in [2.45, 2.75) is 12.2 Å². The zero-order valence-corrected chi connectivity index (χ0v) is 6.96. The van der Waals surface area contributed by atoms with Gasteiger partial charge in [-0.25, -0.2) is 9.18 Å². The third-order valence-electron chi connectivity index (χ3n) is 1.62. The van der Waals surface area contributed by atoms with Crippen molar-refractivity contribution in [1.29, 1.82) is 0 Å². The second-order valence-corrected chi connectivity index (χ2v) is 2.60. The monoisotopic (exact) mass is 201 g/mol. The molecular weight excluding hydrogens is 193 g/mol. The zero-order valence-electron chi connectivity index (χ0n) is 6.96. The summed E-state index contributed by atoms with van der Waals surface area (Å²) < 4.78 is 12.9. The summed E-state index contributed by atoms with van der Waals surface area (Å²) in [4.78, 5) is 13.7. The van der Waals surface area contributed by atoms with E-state index in [1.54, 1.807) is 0 Å². The van der Waals surface area contributed by atoms with Gasteiger partial charge < -0.3 is 15.3 Å². The van der Waals surface area contributed by atoms with Crippen LogP contribution < -0.4 is 0 Å². The Hall–Kier alpha value is -1.53. The quantitative estimate of drug-likeness (QED) is 0.624. The van der Waals surface area contributed by atoms with E-state index in [0.717, 1.165) is 6.07 Å². The number of rotatable bonds is 3. The molecule has 0 saturated heterocycles. The van der Waals surface area contributed by atoms with Gasteiger partial charge in [0.2, 0.25) is 0 Å². The van der Waals surface area contributed by atoms with E-state index < -0.39 is 29.7 Å². The van der Waals surface area contributed by atoms with Crippen molar-refractivity contribution < 1.29 is 24.5 Å². The first kappa shape index (κ1) is 10.6. The standard InChI is InChI=1S/C8H8FNO4/c9-4-2-1-3-10-5(4)6(11)7(12)8(13)14/h1-3,6-7,11-12H,(H,13,14). The van der Waals surface area contributed by atoms with Gasteiger partial charge >= 0.3 is 5.97 Å². The molecule has 76 valence electrons. The van der Waals surface area contributed by atoms with Gasteiger partial charge in [0, 0.05) is 6.20 Å². The van der Waals surface area contributed by atoms with E-state index in [0.29, 0.717) is 0 Å². The minimum absolute atomic E-state index is 0.484. The van der Waals surface area contributed by atoms with Crippen molar-refractivity contribution >= 4 is 5.97 Å². The molecule has 14 heavy (non-hydrogen) atoms. The Morgan fingerprint density at radius 3 is 2.64 bits per heavy atom. The van der Waals surface area contributed by atoms with Gasteiger partial charge in [0.1, 0.15) is 17.6 Å². The number of pyridine rings is 1. The number of aromatic nitrogens is 1. The molecule has 5 nitrogen and oxygen atoms in total. The number of aliphatic hydroxyl groups excluding tert-OH is 2. The van der Waals surface area contributed by atoms with E-state index in [4.69, 9.17) is 10.2 Å². The Balaban J connectivity index is 2.94. The highest BCUT2D eigenvalue weighted by atomic mass is 19.1. The number of nitrogens with zero attached hydrogens (tertiary/aromatic N) is 1. The van der Waals surface area contributed by atoms with E-state index in [1.165, 1.54) is 12.3 Å². The van der Waals surface area contributed by atoms with Crippen molar-refractivity contribution in [3.05, 3.63) is 29.8 Å². The van der Waals surface area contributed by atoms with E-state index in [-0.39, 0.29) is 0 Å². The number of hydrogen-bond acceptors (Lipinski definition) is 4. The molecule has 0 bridgehead atoms. The Bertz CT molecular complexity index is 344. The molecule has 1 aromatic rings. The first-order valence-corrected chi connectivity index (χ1v) is 3.73. The molecule has 6 heteroatoms. The summed E-state index contributed by atoms with van der Waals surface area (Å²) in [5, 5.41) is 26.5. The van der Waals surface area contributed by atoms with Crippen molar-refractivity contribution in [2.24, 2.45) is 0 Å². The minimum atomic E-state index is -2.08. The van der Waals surface area contributed by atoms with Gasteiger partial charge in [0.15, 0.2) is 6.10 Å². The normalized spacial score (nSPS) is 14.8. The maximum atomic E-state index is 12.9. The number of carboxylic acid groups (broad SMARTS) is 1. The number of halogens is 1. The second kappa shape index (κ2) is 4.12. The SMILES string of the molecule is O=C(O)C(O)C(O)c1ncccc1F. The summed E-state index contributed by atoms with van der Waals surface area (Å²) in [5.41, 5.74) is -0.484. The van der Waals surface area contributed by atoms with Gasteiger partial charge in [-0.3, -0.25) is 4.98 Å². The molecule has 2 unspecified atom stereocenters. The first-order chi connectivity index (χ1) is 6.54. The molecular formula is C8H8FNO4. The number of carboxylic acids is 1. The fourth-order valence-electron chi connectivity index (χ4n) is 0.900. The Labute approximate surface area is 78.5 Å². The summed E-state index contributed by atoms with van der Waals surface area (Å²) in [6, 6.07) is 2.30. The van der Waals surface area contributed by atoms with Crippen LogP contribution in [0, 0.1) is 5.82 Å². The highest BCUT2D eigenvalue weighted by Crippen LogP contribution is 2.17. The Morgan fingerprint density at radius 2 is 2.14 bits per heavy atom. The van der Waals surface area contributed by atoms with Crippen LogP contribution in [0.5, 0.6) is 0 Å². The lowest BCUT2D eigenvalue weighted by molar-refractivity contribution is -0.153. The van der Waals surface area contributed by atoms with Gasteiger partial charge in [0.05, 0.1) is 0 Å². The summed E-state index contributed by atoms with van der Waals surface area (Å²) >= 11 is 0. The summed E-state index contributed by atoms with van der Waals surface area (Å²) in [6.45, 7) is 0. The first-order valence-electron chi connectivity index (χ1n) is 3.73. The molecule has 0 radical (unpaired) electrons. The lowest BCUT2D eigenvalue weighted by atomic mass is 10.1. The molecule has 0 aliphatic rings. The van der Waals surface area contributed by atoms with Gasteiger partial charge in [-0.15, -0.1) is 0 Å². The predicted molar refractivity (Wildman–Crippen MR) is 42.8 cm³/mol. The Kier molecular flexibility index (Phi) is 3.10. The summed E-state index contributed by atoms with van der Waals surface area (Å²) in [7, 11) is 0. The molecule has 0 amide bonds. The molecule has 0 spiro atoms. The molecule has 0 aliphatic heterocycles. The van der Waals surface area contributed by atoms with Crippen LogP contribution in [-0.4, -0.2) is 32.4 Å². The van der Waals surface area contributed by atoms with Gasteiger partial charge in [-0.1, -0.05) is 0 Å². The molecule has 0 fully saturated rings.